The molecule has 10 rings (SSSR count). The van der Waals surface area contributed by atoms with Gasteiger partial charge in [-0.2, -0.15) is 0 Å². The second-order valence-electron chi connectivity index (χ2n) is 14.0. The molecule has 0 unspecified atom stereocenters. The number of imidazole rings is 2. The van der Waals surface area contributed by atoms with E-state index in [-0.39, 0.29) is 0 Å². The number of aryl methyl sites for hydroxylation is 2. The highest BCUT2D eigenvalue weighted by Crippen LogP contribution is 2.36. The lowest BCUT2D eigenvalue weighted by atomic mass is 10.1. The highest BCUT2D eigenvalue weighted by atomic mass is 15.1. The van der Waals surface area contributed by atoms with Gasteiger partial charge in [0.05, 0.1) is 33.4 Å². The number of aromatic nitrogens is 7. The highest BCUT2D eigenvalue weighted by molar-refractivity contribution is 5.87. The standard InChI is InChI=1S/C49H35N7/c1-32-15-13-21-36(27-32)48-50-41-23-9-11-25-43(41)55(48)39-29-38(47-53-45(34-17-5-3-6-18-34)52-46(54-47)35-19-7-4-8-20-35)30-40(31-39)56-44-26-12-10-24-42(44)51-49(56)37-22-14-16-33(2)28-37/h3-31H,1-2H3. The van der Waals surface area contributed by atoms with Gasteiger partial charge in [-0.25, -0.2) is 24.9 Å². The van der Waals surface area contributed by atoms with E-state index in [2.05, 4.69) is 126 Å². The van der Waals surface area contributed by atoms with Gasteiger partial charge in [-0.05, 0) is 68.4 Å². The third kappa shape index (κ3) is 6.01. The minimum Gasteiger partial charge on any atom is -0.292 e. The van der Waals surface area contributed by atoms with Crippen molar-refractivity contribution < 1.29 is 0 Å². The zero-order chi connectivity index (χ0) is 37.6. The van der Waals surface area contributed by atoms with Crippen molar-refractivity contribution in [2.24, 2.45) is 0 Å². The van der Waals surface area contributed by atoms with Crippen molar-refractivity contribution in [2.75, 3.05) is 0 Å². The molecule has 266 valence electrons. The number of fused-ring (bicyclic) bond motifs is 2. The molecule has 0 saturated carbocycles. The summed E-state index contributed by atoms with van der Waals surface area (Å²) in [6, 6.07) is 60.3. The van der Waals surface area contributed by atoms with Crippen LogP contribution in [0.4, 0.5) is 0 Å². The van der Waals surface area contributed by atoms with Crippen molar-refractivity contribution in [3.63, 3.8) is 0 Å². The Balaban J connectivity index is 1.30. The molecule has 0 aliphatic carbocycles. The van der Waals surface area contributed by atoms with E-state index in [1.807, 2.05) is 72.8 Å². The smallest absolute Gasteiger partial charge is 0.164 e. The first-order valence-corrected chi connectivity index (χ1v) is 18.7. The summed E-state index contributed by atoms with van der Waals surface area (Å²) in [5.41, 5.74) is 12.7. The first-order valence-electron chi connectivity index (χ1n) is 18.7. The average Bonchev–Trinajstić information content (AvgIpc) is 3.84. The fourth-order valence-corrected chi connectivity index (χ4v) is 7.45. The zero-order valence-corrected chi connectivity index (χ0v) is 30.9. The average molecular weight is 722 g/mol. The van der Waals surface area contributed by atoms with Crippen LogP contribution in [-0.2, 0) is 0 Å². The molecule has 0 bridgehead atoms. The summed E-state index contributed by atoms with van der Waals surface area (Å²) >= 11 is 0. The van der Waals surface area contributed by atoms with Gasteiger partial charge in [-0.15, -0.1) is 0 Å². The normalized spacial score (nSPS) is 11.4. The maximum absolute atomic E-state index is 5.23. The second kappa shape index (κ2) is 13.7. The number of hydrogen-bond donors (Lipinski definition) is 0. The van der Waals surface area contributed by atoms with Gasteiger partial charge in [0, 0.05) is 27.8 Å². The lowest BCUT2D eigenvalue weighted by molar-refractivity contribution is 1.05. The summed E-state index contributed by atoms with van der Waals surface area (Å²) in [5.74, 6) is 3.45. The van der Waals surface area contributed by atoms with Crippen LogP contribution < -0.4 is 0 Å². The molecule has 7 heteroatoms. The zero-order valence-electron chi connectivity index (χ0n) is 30.9. The van der Waals surface area contributed by atoms with Crippen LogP contribution >= 0.6 is 0 Å². The van der Waals surface area contributed by atoms with Gasteiger partial charge in [-0.3, -0.25) is 9.13 Å². The summed E-state index contributed by atoms with van der Waals surface area (Å²) in [5, 5.41) is 0. The van der Waals surface area contributed by atoms with Crippen LogP contribution in [0.5, 0.6) is 0 Å². The molecule has 7 aromatic carbocycles. The van der Waals surface area contributed by atoms with Crippen LogP contribution in [0.1, 0.15) is 11.1 Å². The van der Waals surface area contributed by atoms with Crippen LogP contribution in [-0.4, -0.2) is 34.1 Å². The molecule has 0 aliphatic rings. The molecule has 3 aromatic heterocycles. The van der Waals surface area contributed by atoms with Crippen LogP contribution in [0.3, 0.4) is 0 Å². The second-order valence-corrected chi connectivity index (χ2v) is 14.0. The minimum atomic E-state index is 0.559. The van der Waals surface area contributed by atoms with Crippen molar-refractivity contribution in [3.8, 4) is 68.3 Å². The summed E-state index contributed by atoms with van der Waals surface area (Å²) in [6.07, 6.45) is 0. The van der Waals surface area contributed by atoms with E-state index in [1.165, 1.54) is 0 Å². The Kier molecular flexibility index (Phi) is 8.11. The molecular formula is C49H35N7. The first-order chi connectivity index (χ1) is 27.6. The summed E-state index contributed by atoms with van der Waals surface area (Å²) in [6.45, 7) is 4.23. The van der Waals surface area contributed by atoms with Crippen molar-refractivity contribution in [1.29, 1.82) is 0 Å². The Morgan fingerprint density at radius 1 is 0.321 bits per heavy atom. The fourth-order valence-electron chi connectivity index (χ4n) is 7.45. The number of nitrogens with zero attached hydrogens (tertiary/aromatic N) is 7. The van der Waals surface area contributed by atoms with Crippen molar-refractivity contribution in [2.45, 2.75) is 13.8 Å². The Bertz CT molecular complexity index is 2850. The molecule has 0 spiro atoms. The SMILES string of the molecule is Cc1cccc(-c2nc3ccccc3n2-c2cc(-c3nc(-c4ccccc4)nc(-c4ccccc4)n3)cc(-n3c(-c4cccc(C)c4)nc4ccccc43)c2)c1. The molecule has 0 aliphatic heterocycles. The maximum Gasteiger partial charge on any atom is 0.164 e. The number of benzene rings is 7. The molecule has 0 N–H and O–H groups in total. The Morgan fingerprint density at radius 3 is 1.16 bits per heavy atom. The lowest BCUT2D eigenvalue weighted by Crippen LogP contribution is -2.05. The van der Waals surface area contributed by atoms with Crippen LogP contribution in [0, 0.1) is 13.8 Å². The largest absolute Gasteiger partial charge is 0.292 e. The third-order valence-electron chi connectivity index (χ3n) is 10.1. The molecule has 3 heterocycles. The molecule has 0 saturated heterocycles. The van der Waals surface area contributed by atoms with E-state index in [0.717, 1.165) is 84.0 Å². The lowest BCUT2D eigenvalue weighted by Gasteiger charge is -2.17. The van der Waals surface area contributed by atoms with E-state index in [4.69, 9.17) is 24.9 Å². The fraction of sp³-hybridized carbons (Fsp3) is 0.0408. The van der Waals surface area contributed by atoms with Crippen LogP contribution in [0.15, 0.2) is 176 Å². The first kappa shape index (κ1) is 33.1. The van der Waals surface area contributed by atoms with Crippen molar-refractivity contribution in [3.05, 3.63) is 187 Å². The van der Waals surface area contributed by atoms with E-state index >= 15 is 0 Å². The Hall–Kier alpha value is -7.51. The van der Waals surface area contributed by atoms with E-state index in [0.29, 0.717) is 17.5 Å². The molecule has 56 heavy (non-hydrogen) atoms. The summed E-state index contributed by atoms with van der Waals surface area (Å²) in [4.78, 5) is 25.8. The topological polar surface area (TPSA) is 74.3 Å². The predicted molar refractivity (Wildman–Crippen MR) is 226 cm³/mol. The van der Waals surface area contributed by atoms with Gasteiger partial charge >= 0.3 is 0 Å². The van der Waals surface area contributed by atoms with Gasteiger partial charge in [0.15, 0.2) is 17.5 Å². The van der Waals surface area contributed by atoms with Gasteiger partial charge in [0.25, 0.3) is 0 Å². The molecule has 0 amide bonds. The van der Waals surface area contributed by atoms with E-state index < -0.39 is 0 Å². The monoisotopic (exact) mass is 721 g/mol. The minimum absolute atomic E-state index is 0.559. The maximum atomic E-state index is 5.23. The molecule has 0 fully saturated rings. The van der Waals surface area contributed by atoms with Gasteiger partial charge in [0.2, 0.25) is 0 Å². The number of hydrogen-bond acceptors (Lipinski definition) is 5. The molecular weight excluding hydrogens is 687 g/mol. The van der Waals surface area contributed by atoms with E-state index in [9.17, 15) is 0 Å². The highest BCUT2D eigenvalue weighted by Gasteiger charge is 2.21. The van der Waals surface area contributed by atoms with Crippen molar-refractivity contribution in [1.82, 2.24) is 34.1 Å². The Morgan fingerprint density at radius 2 is 0.714 bits per heavy atom. The van der Waals surface area contributed by atoms with Crippen LogP contribution in [0.2, 0.25) is 0 Å². The number of para-hydroxylation sites is 4. The number of rotatable bonds is 7. The molecule has 0 radical (unpaired) electrons. The molecule has 0 atom stereocenters. The summed E-state index contributed by atoms with van der Waals surface area (Å²) < 4.78 is 4.50. The molecule has 7 nitrogen and oxygen atoms in total. The van der Waals surface area contributed by atoms with Gasteiger partial charge in [0.1, 0.15) is 11.6 Å². The van der Waals surface area contributed by atoms with Crippen LogP contribution in [0.25, 0.3) is 90.4 Å². The van der Waals surface area contributed by atoms with Gasteiger partial charge in [-0.1, -0.05) is 132 Å². The Labute approximate surface area is 324 Å². The predicted octanol–water partition coefficient (Wildman–Crippen LogP) is 11.5. The third-order valence-corrected chi connectivity index (χ3v) is 10.1. The summed E-state index contributed by atoms with van der Waals surface area (Å²) in [7, 11) is 0. The van der Waals surface area contributed by atoms with Gasteiger partial charge < -0.3 is 0 Å². The quantitative estimate of drug-likeness (QED) is 0.164. The van der Waals surface area contributed by atoms with Crippen molar-refractivity contribution >= 4 is 22.1 Å². The van der Waals surface area contributed by atoms with E-state index in [1.54, 1.807) is 0 Å². The molecule has 10 aromatic rings.